The molecule has 0 radical (unpaired) electrons. The molecule has 0 spiro atoms. The number of hydrogen-bond donors (Lipinski definition) is 2. The first-order valence-corrected chi connectivity index (χ1v) is 11.1. The number of nitrogens with zero attached hydrogens (tertiary/aromatic N) is 4. The summed E-state index contributed by atoms with van der Waals surface area (Å²) >= 11 is 0. The van der Waals surface area contributed by atoms with E-state index in [-0.39, 0.29) is 42.3 Å². The molecule has 2 amide bonds. The fourth-order valence-corrected chi connectivity index (χ4v) is 3.64. The molecule has 0 saturated heterocycles. The molecule has 4 atom stereocenters. The van der Waals surface area contributed by atoms with Crippen molar-refractivity contribution in [1.29, 1.82) is 0 Å². The maximum Gasteiger partial charge on any atom is 0.259 e. The predicted molar refractivity (Wildman–Crippen MR) is 125 cm³/mol. The molecule has 3 heterocycles. The summed E-state index contributed by atoms with van der Waals surface area (Å²) in [5, 5.41) is 19.2. The van der Waals surface area contributed by atoms with Crippen LogP contribution in [0.3, 0.4) is 0 Å². The van der Waals surface area contributed by atoms with Gasteiger partial charge in [0.05, 0.1) is 19.2 Å². The minimum atomic E-state index is -0.821. The minimum absolute atomic E-state index is 0.143. The number of aliphatic hydroxyl groups excluding tert-OH is 2. The van der Waals surface area contributed by atoms with Crippen LogP contribution >= 0.6 is 0 Å². The molecule has 3 rings (SSSR count). The number of carbonyl (C=O) groups is 2. The van der Waals surface area contributed by atoms with Gasteiger partial charge in [0.2, 0.25) is 5.88 Å². The van der Waals surface area contributed by atoms with Crippen molar-refractivity contribution in [3.05, 3.63) is 53.5 Å². The third kappa shape index (κ3) is 5.90. The summed E-state index contributed by atoms with van der Waals surface area (Å²) in [5.74, 6) is 4.93. The van der Waals surface area contributed by atoms with E-state index >= 15 is 0 Å². The van der Waals surface area contributed by atoms with Crippen molar-refractivity contribution in [2.24, 2.45) is 5.92 Å². The van der Waals surface area contributed by atoms with Crippen LogP contribution in [-0.2, 0) is 0 Å². The first-order chi connectivity index (χ1) is 16.2. The number of ether oxygens (including phenoxy) is 1. The zero-order valence-electron chi connectivity index (χ0n) is 19.8. The Morgan fingerprint density at radius 3 is 2.71 bits per heavy atom. The zero-order chi connectivity index (χ0) is 24.8. The fourth-order valence-electron chi connectivity index (χ4n) is 3.64. The lowest BCUT2D eigenvalue weighted by Gasteiger charge is -2.37. The van der Waals surface area contributed by atoms with Gasteiger partial charge in [-0.05, 0) is 32.0 Å². The number of fused-ring (bicyclic) bond motifs is 1. The SMILES string of the molecule is C[C@H](O)C#Cc1cnc2c(c1)C(=O)N([C@@H](C)CO)C[C@@H](C)[C@@H](CN(C)C(=O)c1ccncc1)O2. The number of carbonyl (C=O) groups excluding carboxylic acids is 2. The van der Waals surface area contributed by atoms with Crippen LogP contribution in [0.15, 0.2) is 36.8 Å². The van der Waals surface area contributed by atoms with E-state index in [1.165, 1.54) is 6.20 Å². The highest BCUT2D eigenvalue weighted by Gasteiger charge is 2.34. The van der Waals surface area contributed by atoms with Gasteiger partial charge in [-0.15, -0.1) is 0 Å². The lowest BCUT2D eigenvalue weighted by molar-refractivity contribution is 0.0313. The van der Waals surface area contributed by atoms with Crippen LogP contribution < -0.4 is 4.74 Å². The van der Waals surface area contributed by atoms with Gasteiger partial charge in [-0.3, -0.25) is 14.6 Å². The molecule has 1 aliphatic rings. The maximum atomic E-state index is 13.4. The van der Waals surface area contributed by atoms with Crippen LogP contribution in [0, 0.1) is 17.8 Å². The van der Waals surface area contributed by atoms with Gasteiger partial charge < -0.3 is 24.7 Å². The molecule has 180 valence electrons. The second-order valence-corrected chi connectivity index (χ2v) is 8.57. The fraction of sp³-hybridized carbons (Fsp3) is 0.440. The van der Waals surface area contributed by atoms with E-state index in [2.05, 4.69) is 21.8 Å². The van der Waals surface area contributed by atoms with E-state index in [9.17, 15) is 19.8 Å². The largest absolute Gasteiger partial charge is 0.472 e. The molecule has 9 nitrogen and oxygen atoms in total. The van der Waals surface area contributed by atoms with Crippen LogP contribution in [0.2, 0.25) is 0 Å². The standard InChI is InChI=1S/C25H30N4O5/c1-16-13-29(17(2)15-30)25(33)21-11-19(6-5-18(3)31)12-27-23(21)34-22(16)14-28(4)24(32)20-7-9-26-10-8-20/h7-12,16-18,22,30-31H,13-15H2,1-4H3/t16-,17+,18+,22-/m1/s1. The molecule has 0 bridgehead atoms. The molecule has 0 unspecified atom stereocenters. The first-order valence-electron chi connectivity index (χ1n) is 11.1. The average molecular weight is 467 g/mol. The summed E-state index contributed by atoms with van der Waals surface area (Å²) < 4.78 is 6.19. The second kappa shape index (κ2) is 11.1. The number of likely N-dealkylation sites (N-methyl/N-ethyl adjacent to an activating group) is 1. The molecule has 0 aromatic carbocycles. The van der Waals surface area contributed by atoms with Crippen molar-refractivity contribution in [1.82, 2.24) is 19.8 Å². The Bertz CT molecular complexity index is 1080. The zero-order valence-corrected chi connectivity index (χ0v) is 19.8. The Labute approximate surface area is 199 Å². The Balaban J connectivity index is 1.95. The number of rotatable bonds is 5. The topological polar surface area (TPSA) is 116 Å². The van der Waals surface area contributed by atoms with E-state index < -0.39 is 18.2 Å². The van der Waals surface area contributed by atoms with Crippen LogP contribution in [0.5, 0.6) is 5.88 Å². The predicted octanol–water partition coefficient (Wildman–Crippen LogP) is 1.20. The highest BCUT2D eigenvalue weighted by Crippen LogP contribution is 2.27. The molecule has 34 heavy (non-hydrogen) atoms. The Morgan fingerprint density at radius 2 is 2.06 bits per heavy atom. The van der Waals surface area contributed by atoms with Gasteiger partial charge in [0, 0.05) is 49.2 Å². The molecular formula is C25H30N4O5. The summed E-state index contributed by atoms with van der Waals surface area (Å²) in [6.07, 6.45) is 3.33. The van der Waals surface area contributed by atoms with Crippen LogP contribution in [0.1, 0.15) is 47.1 Å². The van der Waals surface area contributed by atoms with E-state index in [0.29, 0.717) is 17.7 Å². The summed E-state index contributed by atoms with van der Waals surface area (Å²) in [6, 6.07) is 4.45. The highest BCUT2D eigenvalue weighted by atomic mass is 16.5. The van der Waals surface area contributed by atoms with Gasteiger partial charge >= 0.3 is 0 Å². The number of hydrogen-bond acceptors (Lipinski definition) is 7. The quantitative estimate of drug-likeness (QED) is 0.636. The van der Waals surface area contributed by atoms with Crippen molar-refractivity contribution in [3.8, 4) is 17.7 Å². The van der Waals surface area contributed by atoms with Crippen molar-refractivity contribution in [2.75, 3.05) is 26.7 Å². The summed E-state index contributed by atoms with van der Waals surface area (Å²) in [6.45, 7) is 5.64. The number of aromatic nitrogens is 2. The Kier molecular flexibility index (Phi) is 8.21. The third-order valence-corrected chi connectivity index (χ3v) is 5.67. The Hall–Kier alpha value is -3.48. The molecule has 0 aliphatic carbocycles. The van der Waals surface area contributed by atoms with Gasteiger partial charge in [-0.1, -0.05) is 18.8 Å². The molecule has 2 aromatic rings. The van der Waals surface area contributed by atoms with Crippen molar-refractivity contribution >= 4 is 11.8 Å². The van der Waals surface area contributed by atoms with Crippen molar-refractivity contribution in [2.45, 2.75) is 39.0 Å². The van der Waals surface area contributed by atoms with E-state index in [4.69, 9.17) is 4.74 Å². The number of amides is 2. The number of aliphatic hydroxyl groups is 2. The maximum absolute atomic E-state index is 13.4. The van der Waals surface area contributed by atoms with Crippen LogP contribution in [-0.4, -0.2) is 86.8 Å². The molecule has 1 aliphatic heterocycles. The molecule has 0 fully saturated rings. The van der Waals surface area contributed by atoms with Gasteiger partial charge in [0.15, 0.2) is 0 Å². The van der Waals surface area contributed by atoms with Crippen molar-refractivity contribution in [3.63, 3.8) is 0 Å². The first kappa shape index (κ1) is 25.1. The van der Waals surface area contributed by atoms with Gasteiger partial charge in [0.25, 0.3) is 11.8 Å². The average Bonchev–Trinajstić information content (AvgIpc) is 2.84. The normalized spacial score (nSPS) is 19.5. The molecule has 0 saturated carbocycles. The monoisotopic (exact) mass is 466 g/mol. The van der Waals surface area contributed by atoms with Gasteiger partial charge in [-0.2, -0.15) is 0 Å². The third-order valence-electron chi connectivity index (χ3n) is 5.67. The molecular weight excluding hydrogens is 436 g/mol. The molecule has 2 N–H and O–H groups in total. The number of pyridine rings is 2. The lowest BCUT2D eigenvalue weighted by atomic mass is 9.99. The minimum Gasteiger partial charge on any atom is -0.472 e. The van der Waals surface area contributed by atoms with E-state index in [1.807, 2.05) is 6.92 Å². The summed E-state index contributed by atoms with van der Waals surface area (Å²) in [4.78, 5) is 37.7. The van der Waals surface area contributed by atoms with E-state index in [0.717, 1.165) is 0 Å². The lowest BCUT2D eigenvalue weighted by Crippen LogP contribution is -2.50. The van der Waals surface area contributed by atoms with Gasteiger partial charge in [-0.25, -0.2) is 4.98 Å². The second-order valence-electron chi connectivity index (χ2n) is 8.57. The van der Waals surface area contributed by atoms with Crippen LogP contribution in [0.25, 0.3) is 0 Å². The van der Waals surface area contributed by atoms with Gasteiger partial charge in [0.1, 0.15) is 17.8 Å². The highest BCUT2D eigenvalue weighted by molar-refractivity contribution is 5.97. The smallest absolute Gasteiger partial charge is 0.259 e. The summed E-state index contributed by atoms with van der Waals surface area (Å²) in [5.41, 5.74) is 1.20. The summed E-state index contributed by atoms with van der Waals surface area (Å²) in [7, 11) is 1.69. The Morgan fingerprint density at radius 1 is 1.35 bits per heavy atom. The molecule has 9 heteroatoms. The molecule has 2 aromatic heterocycles. The van der Waals surface area contributed by atoms with Crippen molar-refractivity contribution < 1.29 is 24.5 Å². The van der Waals surface area contributed by atoms with E-state index in [1.54, 1.807) is 61.3 Å². The van der Waals surface area contributed by atoms with Crippen LogP contribution in [0.4, 0.5) is 0 Å².